The normalized spacial score (nSPS) is 13.9. The summed E-state index contributed by atoms with van der Waals surface area (Å²) in [6, 6.07) is 8.31. The predicted octanol–water partition coefficient (Wildman–Crippen LogP) is 1.50. The second-order valence-corrected chi connectivity index (χ2v) is 6.14. The van der Waals surface area contributed by atoms with Crippen LogP contribution in [0.1, 0.15) is 26.6 Å². The van der Waals surface area contributed by atoms with Crippen LogP contribution in [-0.4, -0.2) is 55.1 Å². The highest BCUT2D eigenvalue weighted by molar-refractivity contribution is 6.04. The SMILES string of the molecule is COC(=O)c1ccccc1N(C)C(=O)C1CN(C(=O)c2cc(C)on2)C1. The molecule has 1 aliphatic rings. The molecule has 1 aliphatic heterocycles. The molecule has 26 heavy (non-hydrogen) atoms. The summed E-state index contributed by atoms with van der Waals surface area (Å²) in [4.78, 5) is 39.8. The molecular formula is C18H19N3O5. The minimum atomic E-state index is -0.507. The number of amides is 2. The molecule has 0 saturated carbocycles. The second-order valence-electron chi connectivity index (χ2n) is 6.14. The maximum absolute atomic E-state index is 12.7. The molecule has 0 N–H and O–H groups in total. The topological polar surface area (TPSA) is 93.0 Å². The Bertz CT molecular complexity index is 854. The fourth-order valence-corrected chi connectivity index (χ4v) is 2.87. The van der Waals surface area contributed by atoms with Gasteiger partial charge in [0.25, 0.3) is 5.91 Å². The van der Waals surface area contributed by atoms with E-state index in [0.29, 0.717) is 30.1 Å². The molecular weight excluding hydrogens is 338 g/mol. The van der Waals surface area contributed by atoms with Gasteiger partial charge in [0.05, 0.1) is 24.3 Å². The maximum Gasteiger partial charge on any atom is 0.339 e. The Morgan fingerprint density at radius 3 is 2.58 bits per heavy atom. The third-order valence-corrected chi connectivity index (χ3v) is 4.37. The quantitative estimate of drug-likeness (QED) is 0.770. The maximum atomic E-state index is 12.7. The van der Waals surface area contributed by atoms with Gasteiger partial charge in [0, 0.05) is 26.2 Å². The fraction of sp³-hybridized carbons (Fsp3) is 0.333. The number of carbonyl (C=O) groups excluding carboxylic acids is 3. The number of para-hydroxylation sites is 1. The van der Waals surface area contributed by atoms with Crippen LogP contribution >= 0.6 is 0 Å². The van der Waals surface area contributed by atoms with E-state index in [1.807, 2.05) is 0 Å². The predicted molar refractivity (Wildman–Crippen MR) is 91.8 cm³/mol. The Balaban J connectivity index is 1.66. The second kappa shape index (κ2) is 6.99. The number of ether oxygens (including phenoxy) is 1. The van der Waals surface area contributed by atoms with Crippen LogP contribution in [0.3, 0.4) is 0 Å². The molecule has 1 aromatic carbocycles. The summed E-state index contributed by atoms with van der Waals surface area (Å²) in [6.07, 6.45) is 0. The van der Waals surface area contributed by atoms with Crippen molar-refractivity contribution in [3.8, 4) is 0 Å². The van der Waals surface area contributed by atoms with Crippen molar-refractivity contribution in [1.82, 2.24) is 10.1 Å². The van der Waals surface area contributed by atoms with Gasteiger partial charge in [-0.1, -0.05) is 17.3 Å². The van der Waals surface area contributed by atoms with Gasteiger partial charge >= 0.3 is 5.97 Å². The van der Waals surface area contributed by atoms with Gasteiger partial charge in [0.1, 0.15) is 5.76 Å². The molecule has 3 rings (SSSR count). The molecule has 0 atom stereocenters. The lowest BCUT2D eigenvalue weighted by Crippen LogP contribution is -2.56. The molecule has 2 heterocycles. The van der Waals surface area contributed by atoms with Gasteiger partial charge in [-0.05, 0) is 19.1 Å². The van der Waals surface area contributed by atoms with Crippen LogP contribution in [0.15, 0.2) is 34.9 Å². The number of methoxy groups -OCH3 is 1. The number of hydrogen-bond donors (Lipinski definition) is 0. The average molecular weight is 357 g/mol. The number of carbonyl (C=O) groups is 3. The van der Waals surface area contributed by atoms with E-state index in [9.17, 15) is 14.4 Å². The number of esters is 1. The zero-order chi connectivity index (χ0) is 18.8. The van der Waals surface area contributed by atoms with E-state index in [0.717, 1.165) is 0 Å². The van der Waals surface area contributed by atoms with E-state index < -0.39 is 5.97 Å². The molecule has 0 radical (unpaired) electrons. The number of benzene rings is 1. The number of aryl methyl sites for hydroxylation is 1. The fourth-order valence-electron chi connectivity index (χ4n) is 2.87. The van der Waals surface area contributed by atoms with Gasteiger partial charge < -0.3 is 19.1 Å². The summed E-state index contributed by atoms with van der Waals surface area (Å²) >= 11 is 0. The van der Waals surface area contributed by atoms with Crippen LogP contribution < -0.4 is 4.90 Å². The molecule has 0 unspecified atom stereocenters. The number of likely N-dealkylation sites (tertiary alicyclic amines) is 1. The van der Waals surface area contributed by atoms with Crippen LogP contribution in [-0.2, 0) is 9.53 Å². The van der Waals surface area contributed by atoms with E-state index in [1.165, 1.54) is 12.0 Å². The van der Waals surface area contributed by atoms with Crippen molar-refractivity contribution in [1.29, 1.82) is 0 Å². The third kappa shape index (κ3) is 3.17. The van der Waals surface area contributed by atoms with Crippen molar-refractivity contribution in [3.05, 3.63) is 47.3 Å². The van der Waals surface area contributed by atoms with E-state index in [2.05, 4.69) is 5.16 Å². The Kier molecular flexibility index (Phi) is 4.75. The van der Waals surface area contributed by atoms with Crippen LogP contribution in [0.4, 0.5) is 5.69 Å². The summed E-state index contributed by atoms with van der Waals surface area (Å²) in [5.74, 6) is -0.708. The first-order valence-electron chi connectivity index (χ1n) is 8.10. The van der Waals surface area contributed by atoms with Crippen LogP contribution in [0.5, 0.6) is 0 Å². The highest BCUT2D eigenvalue weighted by Gasteiger charge is 2.39. The van der Waals surface area contributed by atoms with E-state index in [4.69, 9.17) is 9.26 Å². The van der Waals surface area contributed by atoms with Crippen molar-refractivity contribution >= 4 is 23.5 Å². The van der Waals surface area contributed by atoms with Crippen molar-refractivity contribution < 1.29 is 23.6 Å². The smallest absolute Gasteiger partial charge is 0.339 e. The highest BCUT2D eigenvalue weighted by Crippen LogP contribution is 2.26. The van der Waals surface area contributed by atoms with Gasteiger partial charge in [0.2, 0.25) is 5.91 Å². The molecule has 0 bridgehead atoms. The Labute approximate surface area is 150 Å². The Hall–Kier alpha value is -3.16. The average Bonchev–Trinajstić information content (AvgIpc) is 3.05. The van der Waals surface area contributed by atoms with Crippen LogP contribution in [0.25, 0.3) is 0 Å². The van der Waals surface area contributed by atoms with Crippen molar-refractivity contribution in [2.45, 2.75) is 6.92 Å². The summed E-state index contributed by atoms with van der Waals surface area (Å²) in [6.45, 7) is 2.31. The van der Waals surface area contributed by atoms with E-state index >= 15 is 0 Å². The van der Waals surface area contributed by atoms with Crippen molar-refractivity contribution in [2.75, 3.05) is 32.1 Å². The van der Waals surface area contributed by atoms with Crippen LogP contribution in [0, 0.1) is 12.8 Å². The first-order chi connectivity index (χ1) is 12.4. The third-order valence-electron chi connectivity index (χ3n) is 4.37. The Morgan fingerprint density at radius 2 is 1.96 bits per heavy atom. The minimum Gasteiger partial charge on any atom is -0.465 e. The lowest BCUT2D eigenvalue weighted by Gasteiger charge is -2.39. The summed E-state index contributed by atoms with van der Waals surface area (Å²) < 4.78 is 9.67. The highest BCUT2D eigenvalue weighted by atomic mass is 16.5. The first kappa shape index (κ1) is 17.7. The van der Waals surface area contributed by atoms with Crippen molar-refractivity contribution in [3.63, 3.8) is 0 Å². The van der Waals surface area contributed by atoms with Gasteiger partial charge in [-0.3, -0.25) is 9.59 Å². The number of hydrogen-bond acceptors (Lipinski definition) is 6. The number of nitrogens with zero attached hydrogens (tertiary/aromatic N) is 3. The summed E-state index contributed by atoms with van der Waals surface area (Å²) in [7, 11) is 2.90. The molecule has 136 valence electrons. The van der Waals surface area contributed by atoms with Crippen LogP contribution in [0.2, 0.25) is 0 Å². The van der Waals surface area contributed by atoms with Gasteiger partial charge in [-0.15, -0.1) is 0 Å². The Morgan fingerprint density at radius 1 is 1.27 bits per heavy atom. The monoisotopic (exact) mass is 357 g/mol. The largest absolute Gasteiger partial charge is 0.465 e. The van der Waals surface area contributed by atoms with E-state index in [-0.39, 0.29) is 23.4 Å². The van der Waals surface area contributed by atoms with E-state index in [1.54, 1.807) is 49.2 Å². The molecule has 2 amide bonds. The standard InChI is InChI=1S/C18H19N3O5/c1-11-8-14(19-26-11)17(23)21-9-12(10-21)16(22)20(2)15-7-5-4-6-13(15)18(24)25-3/h4-8,12H,9-10H2,1-3H3. The molecule has 0 aliphatic carbocycles. The molecule has 0 spiro atoms. The number of anilines is 1. The zero-order valence-electron chi connectivity index (χ0n) is 14.8. The summed E-state index contributed by atoms with van der Waals surface area (Å²) in [5.41, 5.74) is 1.02. The molecule has 1 fully saturated rings. The lowest BCUT2D eigenvalue weighted by molar-refractivity contribution is -0.126. The molecule has 1 aromatic heterocycles. The molecule has 2 aromatic rings. The van der Waals surface area contributed by atoms with Gasteiger partial charge in [0.15, 0.2) is 5.69 Å². The number of aromatic nitrogens is 1. The molecule has 1 saturated heterocycles. The number of rotatable bonds is 4. The lowest BCUT2D eigenvalue weighted by atomic mass is 9.97. The van der Waals surface area contributed by atoms with Gasteiger partial charge in [-0.25, -0.2) is 4.79 Å². The minimum absolute atomic E-state index is 0.165. The molecule has 8 nitrogen and oxygen atoms in total. The summed E-state index contributed by atoms with van der Waals surface area (Å²) in [5, 5.41) is 3.70. The first-order valence-corrected chi connectivity index (χ1v) is 8.10. The zero-order valence-corrected chi connectivity index (χ0v) is 14.8. The van der Waals surface area contributed by atoms with Gasteiger partial charge in [-0.2, -0.15) is 0 Å². The molecule has 8 heteroatoms. The van der Waals surface area contributed by atoms with Crippen molar-refractivity contribution in [2.24, 2.45) is 5.92 Å².